The summed E-state index contributed by atoms with van der Waals surface area (Å²) in [5.74, 6) is 0.739. The Hall–Kier alpha value is -0.380. The molecule has 84 valence electrons. The fraction of sp³-hybridized carbons (Fsp3) is 0.667. The molecule has 0 aliphatic carbocycles. The summed E-state index contributed by atoms with van der Waals surface area (Å²) in [7, 11) is 2.05. The van der Waals surface area contributed by atoms with Gasteiger partial charge in [0.15, 0.2) is 0 Å². The number of rotatable bonds is 4. The third-order valence-electron chi connectivity index (χ3n) is 3.09. The van der Waals surface area contributed by atoms with Gasteiger partial charge in [-0.15, -0.1) is 11.3 Å². The molecule has 0 aromatic carbocycles. The molecule has 1 N–H and O–H groups in total. The van der Waals surface area contributed by atoms with Crippen molar-refractivity contribution in [3.63, 3.8) is 0 Å². The van der Waals surface area contributed by atoms with Gasteiger partial charge in [-0.3, -0.25) is 0 Å². The summed E-state index contributed by atoms with van der Waals surface area (Å²) in [6, 6.07) is 2.79. The molecule has 1 aliphatic heterocycles. The van der Waals surface area contributed by atoms with E-state index in [-0.39, 0.29) is 0 Å². The smallest absolute Gasteiger partial charge is 0.0495 e. The van der Waals surface area contributed by atoms with Crippen molar-refractivity contribution in [2.45, 2.75) is 25.8 Å². The first-order valence-electron chi connectivity index (χ1n) is 5.59. The van der Waals surface area contributed by atoms with Gasteiger partial charge in [0.25, 0.3) is 0 Å². The number of aryl methyl sites for hydroxylation is 1. The van der Waals surface area contributed by atoms with Gasteiger partial charge in [0.2, 0.25) is 0 Å². The predicted molar refractivity (Wildman–Crippen MR) is 64.4 cm³/mol. The summed E-state index contributed by atoms with van der Waals surface area (Å²) >= 11 is 1.83. The highest BCUT2D eigenvalue weighted by Crippen LogP contribution is 2.28. The van der Waals surface area contributed by atoms with E-state index in [0.717, 1.165) is 19.1 Å². The molecule has 2 nitrogen and oxygen atoms in total. The molecule has 2 rings (SSSR count). The maximum atomic E-state index is 5.42. The van der Waals surface area contributed by atoms with Crippen LogP contribution < -0.4 is 5.32 Å². The molecule has 2 atom stereocenters. The van der Waals surface area contributed by atoms with Crippen molar-refractivity contribution in [3.05, 3.63) is 21.9 Å². The Morgan fingerprint density at radius 1 is 1.67 bits per heavy atom. The Balaban J connectivity index is 1.97. The number of hydrogen-bond acceptors (Lipinski definition) is 3. The monoisotopic (exact) mass is 225 g/mol. The molecule has 0 bridgehead atoms. The molecule has 2 unspecified atom stereocenters. The van der Waals surface area contributed by atoms with Gasteiger partial charge in [-0.25, -0.2) is 0 Å². The van der Waals surface area contributed by atoms with E-state index in [4.69, 9.17) is 4.74 Å². The number of thiophene rings is 1. The Labute approximate surface area is 95.6 Å². The minimum atomic E-state index is 0.502. The van der Waals surface area contributed by atoms with Crippen LogP contribution in [0.25, 0.3) is 0 Å². The average Bonchev–Trinajstić information content (AvgIpc) is 2.85. The van der Waals surface area contributed by atoms with Crippen LogP contribution in [0.1, 0.15) is 29.3 Å². The molecule has 15 heavy (non-hydrogen) atoms. The van der Waals surface area contributed by atoms with E-state index < -0.39 is 0 Å². The van der Waals surface area contributed by atoms with Crippen LogP contribution in [0.5, 0.6) is 0 Å². The zero-order valence-corrected chi connectivity index (χ0v) is 10.3. The van der Waals surface area contributed by atoms with E-state index in [1.54, 1.807) is 0 Å². The number of nitrogens with one attached hydrogen (secondary N) is 1. The van der Waals surface area contributed by atoms with Crippen LogP contribution in [0.4, 0.5) is 0 Å². The van der Waals surface area contributed by atoms with E-state index in [1.807, 2.05) is 18.4 Å². The Morgan fingerprint density at radius 2 is 2.53 bits per heavy atom. The molecule has 0 spiro atoms. The van der Waals surface area contributed by atoms with Gasteiger partial charge in [0, 0.05) is 24.1 Å². The molecule has 0 saturated carbocycles. The zero-order chi connectivity index (χ0) is 10.7. The van der Waals surface area contributed by atoms with Crippen LogP contribution in [0, 0.1) is 12.8 Å². The van der Waals surface area contributed by atoms with Crippen LogP contribution >= 0.6 is 11.3 Å². The van der Waals surface area contributed by atoms with E-state index in [9.17, 15) is 0 Å². The van der Waals surface area contributed by atoms with Crippen LogP contribution in [0.2, 0.25) is 0 Å². The highest BCUT2D eigenvalue weighted by atomic mass is 32.1. The average molecular weight is 225 g/mol. The molecule has 0 radical (unpaired) electrons. The summed E-state index contributed by atoms with van der Waals surface area (Å²) in [6.07, 6.45) is 2.42. The van der Waals surface area contributed by atoms with E-state index in [2.05, 4.69) is 23.7 Å². The van der Waals surface area contributed by atoms with Crippen molar-refractivity contribution in [2.24, 2.45) is 5.92 Å². The topological polar surface area (TPSA) is 21.3 Å². The molecular formula is C12H19NOS. The van der Waals surface area contributed by atoms with Gasteiger partial charge in [-0.05, 0) is 49.7 Å². The van der Waals surface area contributed by atoms with Gasteiger partial charge < -0.3 is 10.1 Å². The molecule has 1 fully saturated rings. The third-order valence-corrected chi connectivity index (χ3v) is 3.97. The van der Waals surface area contributed by atoms with E-state index in [1.165, 1.54) is 23.3 Å². The molecule has 0 amide bonds. The predicted octanol–water partition coefficient (Wildman–Crippen LogP) is 2.74. The summed E-state index contributed by atoms with van der Waals surface area (Å²) in [6.45, 7) is 4.06. The zero-order valence-electron chi connectivity index (χ0n) is 9.45. The fourth-order valence-electron chi connectivity index (χ4n) is 2.17. The largest absolute Gasteiger partial charge is 0.381 e. The highest BCUT2D eigenvalue weighted by Gasteiger charge is 2.21. The van der Waals surface area contributed by atoms with Crippen LogP contribution in [-0.4, -0.2) is 20.3 Å². The van der Waals surface area contributed by atoms with Crippen molar-refractivity contribution in [1.29, 1.82) is 0 Å². The molecule has 1 saturated heterocycles. The highest BCUT2D eigenvalue weighted by molar-refractivity contribution is 7.10. The van der Waals surface area contributed by atoms with E-state index in [0.29, 0.717) is 6.04 Å². The first kappa shape index (κ1) is 11.1. The maximum absolute atomic E-state index is 5.42. The second-order valence-corrected chi connectivity index (χ2v) is 5.41. The van der Waals surface area contributed by atoms with Crippen molar-refractivity contribution < 1.29 is 4.74 Å². The van der Waals surface area contributed by atoms with Crippen molar-refractivity contribution >= 4 is 11.3 Å². The van der Waals surface area contributed by atoms with E-state index >= 15 is 0 Å². The lowest BCUT2D eigenvalue weighted by molar-refractivity contribution is 0.181. The molecule has 3 heteroatoms. The minimum absolute atomic E-state index is 0.502. The summed E-state index contributed by atoms with van der Waals surface area (Å²) in [5.41, 5.74) is 1.44. The lowest BCUT2D eigenvalue weighted by atomic mass is 9.96. The lowest BCUT2D eigenvalue weighted by Gasteiger charge is -2.18. The molecule has 1 aliphatic rings. The van der Waals surface area contributed by atoms with Crippen LogP contribution in [0.15, 0.2) is 11.4 Å². The lowest BCUT2D eigenvalue weighted by Crippen LogP contribution is -2.19. The van der Waals surface area contributed by atoms with Gasteiger partial charge in [-0.1, -0.05) is 0 Å². The SMILES string of the molecule is CNC(CC1CCOC1)c1csc(C)c1. The Bertz CT molecular complexity index is 304. The molecule has 1 aromatic rings. The maximum Gasteiger partial charge on any atom is 0.0495 e. The Kier molecular flexibility index (Phi) is 3.78. The number of hydrogen-bond donors (Lipinski definition) is 1. The standard InChI is InChI=1S/C12H19NOS/c1-9-5-11(8-15-9)12(13-2)6-10-3-4-14-7-10/h5,8,10,12-13H,3-4,6-7H2,1-2H3. The first-order valence-corrected chi connectivity index (χ1v) is 6.47. The van der Waals surface area contributed by atoms with Gasteiger partial charge in [0.05, 0.1) is 0 Å². The molecular weight excluding hydrogens is 206 g/mol. The minimum Gasteiger partial charge on any atom is -0.381 e. The summed E-state index contributed by atoms with van der Waals surface area (Å²) in [5, 5.41) is 5.68. The van der Waals surface area contributed by atoms with Gasteiger partial charge in [-0.2, -0.15) is 0 Å². The van der Waals surface area contributed by atoms with Crippen molar-refractivity contribution in [2.75, 3.05) is 20.3 Å². The van der Waals surface area contributed by atoms with Gasteiger partial charge in [0.1, 0.15) is 0 Å². The van der Waals surface area contributed by atoms with Gasteiger partial charge >= 0.3 is 0 Å². The van der Waals surface area contributed by atoms with Crippen LogP contribution in [-0.2, 0) is 4.74 Å². The molecule has 1 aromatic heterocycles. The fourth-order valence-corrected chi connectivity index (χ4v) is 2.93. The van der Waals surface area contributed by atoms with Crippen molar-refractivity contribution in [3.8, 4) is 0 Å². The second kappa shape index (κ2) is 5.10. The summed E-state index contributed by atoms with van der Waals surface area (Å²) < 4.78 is 5.42. The molecule has 2 heterocycles. The van der Waals surface area contributed by atoms with Crippen molar-refractivity contribution in [1.82, 2.24) is 5.32 Å². The first-order chi connectivity index (χ1) is 7.29. The normalized spacial score (nSPS) is 23.2. The second-order valence-electron chi connectivity index (χ2n) is 4.30. The number of ether oxygens (including phenoxy) is 1. The summed E-state index contributed by atoms with van der Waals surface area (Å²) in [4.78, 5) is 1.40. The Morgan fingerprint density at radius 3 is 3.07 bits per heavy atom. The quantitative estimate of drug-likeness (QED) is 0.850. The van der Waals surface area contributed by atoms with Crippen LogP contribution in [0.3, 0.4) is 0 Å². The third kappa shape index (κ3) is 2.80.